The molecular weight excluding hydrogens is 359 g/mol. The van der Waals surface area contributed by atoms with Crippen LogP contribution in [-0.2, 0) is 4.79 Å². The Bertz CT molecular complexity index is 747. The zero-order chi connectivity index (χ0) is 17.5. The summed E-state index contributed by atoms with van der Waals surface area (Å²) >= 11 is 3.89. The molecule has 0 bridgehead atoms. The number of hydrogen-bond donors (Lipinski definition) is 1. The maximum Gasteiger partial charge on any atom is 0.277 e. The van der Waals surface area contributed by atoms with Crippen molar-refractivity contribution < 1.29 is 13.9 Å². The molecule has 0 saturated carbocycles. The van der Waals surface area contributed by atoms with Crippen molar-refractivity contribution in [2.75, 3.05) is 18.1 Å². The van der Waals surface area contributed by atoms with Crippen LogP contribution < -0.4 is 10.2 Å². The lowest BCUT2D eigenvalue weighted by Crippen LogP contribution is -2.24. The van der Waals surface area contributed by atoms with E-state index in [-0.39, 0.29) is 18.3 Å². The van der Waals surface area contributed by atoms with Crippen LogP contribution in [-0.4, -0.2) is 30.2 Å². The van der Waals surface area contributed by atoms with Gasteiger partial charge in [0.05, 0.1) is 10.8 Å². The van der Waals surface area contributed by atoms with Gasteiger partial charge >= 0.3 is 0 Å². The van der Waals surface area contributed by atoms with Crippen LogP contribution in [0.4, 0.5) is 4.39 Å². The Morgan fingerprint density at radius 2 is 2.00 bits per heavy atom. The van der Waals surface area contributed by atoms with Gasteiger partial charge in [0.25, 0.3) is 5.91 Å². The van der Waals surface area contributed by atoms with E-state index in [0.29, 0.717) is 15.9 Å². The minimum absolute atomic E-state index is 0.132. The highest BCUT2D eigenvalue weighted by Gasteiger charge is 2.17. The van der Waals surface area contributed by atoms with E-state index in [1.165, 1.54) is 35.4 Å². The molecule has 0 aromatic heterocycles. The summed E-state index contributed by atoms with van der Waals surface area (Å²) in [6, 6.07) is 13.8. The lowest BCUT2D eigenvalue weighted by atomic mass is 10.2. The van der Waals surface area contributed by atoms with Crippen molar-refractivity contribution >= 4 is 35.6 Å². The van der Waals surface area contributed by atoms with E-state index in [4.69, 9.17) is 4.74 Å². The summed E-state index contributed by atoms with van der Waals surface area (Å²) in [7, 11) is 0. The number of thioether (sulfide) groups is 2. The van der Waals surface area contributed by atoms with Gasteiger partial charge in [-0.25, -0.2) is 9.82 Å². The summed E-state index contributed by atoms with van der Waals surface area (Å²) in [5.74, 6) is 2.28. The number of hydrogen-bond acceptors (Lipinski definition) is 5. The quantitative estimate of drug-likeness (QED) is 0.615. The normalized spacial score (nSPS) is 14.8. The number of hydrazone groups is 1. The van der Waals surface area contributed by atoms with Gasteiger partial charge in [0.2, 0.25) is 0 Å². The lowest BCUT2D eigenvalue weighted by Gasteiger charge is -2.10. The zero-order valence-corrected chi connectivity index (χ0v) is 15.0. The number of rotatable bonds is 6. The second kappa shape index (κ2) is 8.92. The summed E-state index contributed by atoms with van der Waals surface area (Å²) in [4.78, 5) is 11.7. The second-order valence-electron chi connectivity index (χ2n) is 5.28. The molecule has 130 valence electrons. The molecule has 2 aromatic rings. The summed E-state index contributed by atoms with van der Waals surface area (Å²) in [5.41, 5.74) is 4.19. The van der Waals surface area contributed by atoms with Crippen LogP contribution in [0.1, 0.15) is 15.7 Å². The Labute approximate surface area is 154 Å². The van der Waals surface area contributed by atoms with Crippen molar-refractivity contribution in [1.82, 2.24) is 5.43 Å². The number of carbonyl (C=O) groups is 1. The summed E-state index contributed by atoms with van der Waals surface area (Å²) in [5, 5.41) is 3.78. The standard InChI is InChI=1S/C18H17FN2O2S2/c19-15-3-1-2-13(10-15)11-20-21-17(22)12-23-16-6-4-14(5-7-16)18-24-8-9-25-18/h1-7,10-11,18H,8-9,12H2,(H,21,22)/b20-11-. The van der Waals surface area contributed by atoms with Crippen molar-refractivity contribution in [2.45, 2.75) is 4.58 Å². The molecule has 1 heterocycles. The van der Waals surface area contributed by atoms with Gasteiger partial charge in [0.15, 0.2) is 6.61 Å². The third-order valence-corrected chi connectivity index (χ3v) is 6.50. The van der Waals surface area contributed by atoms with Crippen LogP contribution in [0.5, 0.6) is 5.75 Å². The van der Waals surface area contributed by atoms with Crippen LogP contribution in [0.3, 0.4) is 0 Å². The van der Waals surface area contributed by atoms with Crippen molar-refractivity contribution in [3.8, 4) is 5.75 Å². The Balaban J connectivity index is 1.44. The smallest absolute Gasteiger partial charge is 0.277 e. The van der Waals surface area contributed by atoms with Crippen LogP contribution in [0.2, 0.25) is 0 Å². The second-order valence-corrected chi connectivity index (χ2v) is 8.00. The van der Waals surface area contributed by atoms with E-state index in [0.717, 1.165) is 0 Å². The minimum atomic E-state index is -0.376. The maximum atomic E-state index is 13.0. The van der Waals surface area contributed by atoms with Gasteiger partial charge in [-0.15, -0.1) is 23.5 Å². The van der Waals surface area contributed by atoms with E-state index < -0.39 is 0 Å². The van der Waals surface area contributed by atoms with Crippen LogP contribution >= 0.6 is 23.5 Å². The Morgan fingerprint density at radius 3 is 2.72 bits per heavy atom. The van der Waals surface area contributed by atoms with Crippen LogP contribution in [0, 0.1) is 5.82 Å². The van der Waals surface area contributed by atoms with Crippen LogP contribution in [0.25, 0.3) is 0 Å². The van der Waals surface area contributed by atoms with Gasteiger partial charge in [0.1, 0.15) is 11.6 Å². The summed E-state index contributed by atoms with van der Waals surface area (Å²) < 4.78 is 19.0. The fraction of sp³-hybridized carbons (Fsp3) is 0.222. The lowest BCUT2D eigenvalue weighted by molar-refractivity contribution is -0.123. The first-order chi connectivity index (χ1) is 12.2. The van der Waals surface area contributed by atoms with Crippen molar-refractivity contribution in [3.63, 3.8) is 0 Å². The molecule has 25 heavy (non-hydrogen) atoms. The number of ether oxygens (including phenoxy) is 1. The van der Waals surface area contributed by atoms with Crippen molar-refractivity contribution in [3.05, 3.63) is 65.5 Å². The summed E-state index contributed by atoms with van der Waals surface area (Å²) in [6.45, 7) is -0.132. The molecule has 0 unspecified atom stereocenters. The highest BCUT2D eigenvalue weighted by Crippen LogP contribution is 2.45. The maximum absolute atomic E-state index is 13.0. The third kappa shape index (κ3) is 5.51. The number of benzene rings is 2. The minimum Gasteiger partial charge on any atom is -0.484 e. The Hall–Kier alpha value is -1.99. The predicted octanol–water partition coefficient (Wildman–Crippen LogP) is 3.83. The largest absolute Gasteiger partial charge is 0.484 e. The molecule has 2 aromatic carbocycles. The van der Waals surface area contributed by atoms with E-state index >= 15 is 0 Å². The average molecular weight is 376 g/mol. The van der Waals surface area contributed by atoms with Gasteiger partial charge in [-0.1, -0.05) is 24.3 Å². The molecular formula is C18H17FN2O2S2. The molecule has 1 amide bonds. The predicted molar refractivity (Wildman–Crippen MR) is 102 cm³/mol. The fourth-order valence-corrected chi connectivity index (χ4v) is 5.08. The van der Waals surface area contributed by atoms with E-state index in [1.807, 2.05) is 47.8 Å². The first-order valence-electron chi connectivity index (χ1n) is 7.74. The highest BCUT2D eigenvalue weighted by molar-refractivity contribution is 8.19. The molecule has 0 atom stereocenters. The molecule has 0 radical (unpaired) electrons. The molecule has 0 spiro atoms. The Kier molecular flexibility index (Phi) is 6.36. The van der Waals surface area contributed by atoms with E-state index in [9.17, 15) is 9.18 Å². The highest BCUT2D eigenvalue weighted by atomic mass is 32.2. The topological polar surface area (TPSA) is 50.7 Å². The molecule has 1 saturated heterocycles. The molecule has 4 nitrogen and oxygen atoms in total. The van der Waals surface area contributed by atoms with Gasteiger partial charge in [0, 0.05) is 11.5 Å². The SMILES string of the molecule is O=C(COc1ccc(C2SCCS2)cc1)N/N=C\c1cccc(F)c1. The molecule has 1 aliphatic heterocycles. The summed E-state index contributed by atoms with van der Waals surface area (Å²) in [6.07, 6.45) is 1.38. The number of amides is 1. The molecule has 0 aliphatic carbocycles. The molecule has 7 heteroatoms. The number of nitrogens with one attached hydrogen (secondary N) is 1. The number of carbonyl (C=O) groups excluding carboxylic acids is 1. The Morgan fingerprint density at radius 1 is 1.24 bits per heavy atom. The van der Waals surface area contributed by atoms with E-state index in [1.54, 1.807) is 12.1 Å². The fourth-order valence-electron chi connectivity index (χ4n) is 2.22. The zero-order valence-electron chi connectivity index (χ0n) is 13.4. The first kappa shape index (κ1) is 17.8. The van der Waals surface area contributed by atoms with Gasteiger partial charge in [-0.2, -0.15) is 5.10 Å². The van der Waals surface area contributed by atoms with Crippen molar-refractivity contribution in [2.24, 2.45) is 5.10 Å². The molecule has 1 N–H and O–H groups in total. The molecule has 1 aliphatic rings. The van der Waals surface area contributed by atoms with E-state index in [2.05, 4.69) is 10.5 Å². The third-order valence-electron chi connectivity index (χ3n) is 3.40. The first-order valence-corrected chi connectivity index (χ1v) is 9.84. The van der Waals surface area contributed by atoms with Crippen molar-refractivity contribution in [1.29, 1.82) is 0 Å². The van der Waals surface area contributed by atoms with Gasteiger partial charge in [-0.3, -0.25) is 4.79 Å². The average Bonchev–Trinajstić information content (AvgIpc) is 3.15. The number of halogens is 1. The molecule has 1 fully saturated rings. The van der Waals surface area contributed by atoms with Gasteiger partial charge in [-0.05, 0) is 35.4 Å². The molecule has 3 rings (SSSR count). The number of nitrogens with zero attached hydrogens (tertiary/aromatic N) is 1. The monoisotopic (exact) mass is 376 g/mol. The van der Waals surface area contributed by atoms with Crippen LogP contribution in [0.15, 0.2) is 53.6 Å². The van der Waals surface area contributed by atoms with Gasteiger partial charge < -0.3 is 4.74 Å².